The number of amides is 2. The van der Waals surface area contributed by atoms with E-state index in [0.717, 1.165) is 38.8 Å². The third-order valence-electron chi connectivity index (χ3n) is 3.25. The van der Waals surface area contributed by atoms with Gasteiger partial charge >= 0.3 is 6.09 Å². The zero-order valence-electron chi connectivity index (χ0n) is 13.2. The van der Waals surface area contributed by atoms with Gasteiger partial charge in [0.05, 0.1) is 0 Å². The Bertz CT molecular complexity index is 331. The summed E-state index contributed by atoms with van der Waals surface area (Å²) >= 11 is 0. The summed E-state index contributed by atoms with van der Waals surface area (Å²) in [6, 6.07) is -0.456. The molecular weight excluding hydrogens is 256 g/mol. The maximum Gasteiger partial charge on any atom is 0.408 e. The summed E-state index contributed by atoms with van der Waals surface area (Å²) in [6.07, 6.45) is 4.19. The van der Waals surface area contributed by atoms with Gasteiger partial charge in [0.15, 0.2) is 0 Å². The van der Waals surface area contributed by atoms with E-state index in [1.54, 1.807) is 0 Å². The lowest BCUT2D eigenvalue weighted by atomic mass is 10.1. The summed E-state index contributed by atoms with van der Waals surface area (Å²) in [5.41, 5.74) is -0.546. The summed E-state index contributed by atoms with van der Waals surface area (Å²) < 4.78 is 5.24. The fourth-order valence-corrected chi connectivity index (χ4v) is 2.27. The van der Waals surface area contributed by atoms with Gasteiger partial charge in [-0.15, -0.1) is 0 Å². The number of hydrogen-bond acceptors (Lipinski definition) is 3. The summed E-state index contributed by atoms with van der Waals surface area (Å²) in [7, 11) is 0. The van der Waals surface area contributed by atoms with Crippen LogP contribution in [-0.2, 0) is 9.53 Å². The van der Waals surface area contributed by atoms with Crippen molar-refractivity contribution in [1.82, 2.24) is 10.2 Å². The number of hydrogen-bond donors (Lipinski definition) is 1. The van der Waals surface area contributed by atoms with Gasteiger partial charge in [-0.05, 0) is 40.0 Å². The minimum Gasteiger partial charge on any atom is -0.444 e. The molecule has 1 aliphatic heterocycles. The van der Waals surface area contributed by atoms with Gasteiger partial charge in [-0.25, -0.2) is 4.79 Å². The Morgan fingerprint density at radius 3 is 2.35 bits per heavy atom. The number of carbonyl (C=O) groups excluding carboxylic acids is 2. The van der Waals surface area contributed by atoms with Crippen molar-refractivity contribution < 1.29 is 14.3 Å². The molecule has 5 heteroatoms. The second-order valence-electron chi connectivity index (χ2n) is 6.37. The molecule has 5 nitrogen and oxygen atoms in total. The Morgan fingerprint density at radius 1 is 1.25 bits per heavy atom. The van der Waals surface area contributed by atoms with E-state index in [1.165, 1.54) is 0 Å². The largest absolute Gasteiger partial charge is 0.444 e. The monoisotopic (exact) mass is 284 g/mol. The first-order chi connectivity index (χ1) is 9.33. The predicted octanol–water partition coefficient (Wildman–Crippen LogP) is 2.69. The maximum absolute atomic E-state index is 12.4. The SMILES string of the molecule is CCCC[C@H](NC(=O)OC(C)(C)C)C(=O)N1CCCC1. The highest BCUT2D eigenvalue weighted by atomic mass is 16.6. The van der Waals surface area contributed by atoms with E-state index < -0.39 is 17.7 Å². The zero-order chi connectivity index (χ0) is 15.2. The molecule has 0 radical (unpaired) electrons. The number of rotatable bonds is 5. The molecule has 1 aliphatic rings. The molecule has 0 aliphatic carbocycles. The topological polar surface area (TPSA) is 58.6 Å². The second-order valence-corrected chi connectivity index (χ2v) is 6.37. The fourth-order valence-electron chi connectivity index (χ4n) is 2.27. The number of carbonyl (C=O) groups is 2. The van der Waals surface area contributed by atoms with E-state index in [9.17, 15) is 9.59 Å². The highest BCUT2D eigenvalue weighted by Gasteiger charge is 2.28. The molecule has 116 valence electrons. The smallest absolute Gasteiger partial charge is 0.408 e. The average molecular weight is 284 g/mol. The van der Waals surface area contributed by atoms with E-state index in [0.29, 0.717) is 6.42 Å². The summed E-state index contributed by atoms with van der Waals surface area (Å²) in [4.78, 5) is 26.1. The Labute approximate surface area is 122 Å². The summed E-state index contributed by atoms with van der Waals surface area (Å²) in [6.45, 7) is 9.13. The number of likely N-dealkylation sites (tertiary alicyclic amines) is 1. The number of unbranched alkanes of at least 4 members (excludes halogenated alkanes) is 1. The molecule has 0 bridgehead atoms. The van der Waals surface area contributed by atoms with Crippen LogP contribution in [0.1, 0.15) is 59.8 Å². The number of ether oxygens (including phenoxy) is 1. The van der Waals surface area contributed by atoms with Crippen LogP contribution >= 0.6 is 0 Å². The zero-order valence-corrected chi connectivity index (χ0v) is 13.2. The average Bonchev–Trinajstić information content (AvgIpc) is 2.84. The van der Waals surface area contributed by atoms with Crippen molar-refractivity contribution in [3.8, 4) is 0 Å². The Balaban J connectivity index is 2.58. The van der Waals surface area contributed by atoms with Gasteiger partial charge in [-0.2, -0.15) is 0 Å². The van der Waals surface area contributed by atoms with E-state index in [4.69, 9.17) is 4.74 Å². The highest BCUT2D eigenvalue weighted by molar-refractivity contribution is 5.85. The number of nitrogens with zero attached hydrogens (tertiary/aromatic N) is 1. The first-order valence-electron chi connectivity index (χ1n) is 7.62. The van der Waals surface area contributed by atoms with Gasteiger partial charge in [-0.3, -0.25) is 4.79 Å². The van der Waals surface area contributed by atoms with Crippen molar-refractivity contribution in [3.05, 3.63) is 0 Å². The molecule has 1 N–H and O–H groups in total. The highest BCUT2D eigenvalue weighted by Crippen LogP contribution is 2.13. The first kappa shape index (κ1) is 16.8. The molecule has 0 unspecified atom stereocenters. The van der Waals surface area contributed by atoms with Crippen molar-refractivity contribution in [2.45, 2.75) is 71.4 Å². The lowest BCUT2D eigenvalue weighted by Crippen LogP contribution is -2.49. The van der Waals surface area contributed by atoms with Crippen LogP contribution in [0.3, 0.4) is 0 Å². The van der Waals surface area contributed by atoms with Gasteiger partial charge in [0, 0.05) is 13.1 Å². The third-order valence-corrected chi connectivity index (χ3v) is 3.25. The first-order valence-corrected chi connectivity index (χ1v) is 7.62. The Morgan fingerprint density at radius 2 is 1.85 bits per heavy atom. The number of nitrogens with one attached hydrogen (secondary N) is 1. The van der Waals surface area contributed by atoms with Gasteiger partial charge in [-0.1, -0.05) is 19.8 Å². The van der Waals surface area contributed by atoms with Crippen LogP contribution in [0.2, 0.25) is 0 Å². The van der Waals surface area contributed by atoms with Gasteiger partial charge in [0.2, 0.25) is 5.91 Å². The number of alkyl carbamates (subject to hydrolysis) is 1. The van der Waals surface area contributed by atoms with E-state index >= 15 is 0 Å². The van der Waals surface area contributed by atoms with E-state index in [2.05, 4.69) is 12.2 Å². The molecule has 2 amide bonds. The Kier molecular flexibility index (Phi) is 6.30. The molecule has 20 heavy (non-hydrogen) atoms. The molecule has 0 saturated carbocycles. The van der Waals surface area contributed by atoms with Gasteiger partial charge in [0.1, 0.15) is 11.6 Å². The summed E-state index contributed by atoms with van der Waals surface area (Å²) in [5, 5.41) is 2.73. The van der Waals surface area contributed by atoms with Crippen molar-refractivity contribution >= 4 is 12.0 Å². The molecule has 1 atom stereocenters. The van der Waals surface area contributed by atoms with Crippen LogP contribution in [0.5, 0.6) is 0 Å². The van der Waals surface area contributed by atoms with Gasteiger partial charge < -0.3 is 15.0 Å². The maximum atomic E-state index is 12.4. The second kappa shape index (κ2) is 7.50. The predicted molar refractivity (Wildman–Crippen MR) is 78.5 cm³/mol. The minimum absolute atomic E-state index is 0.0295. The minimum atomic E-state index is -0.546. The van der Waals surface area contributed by atoms with Crippen LogP contribution in [0.15, 0.2) is 0 Å². The summed E-state index contributed by atoms with van der Waals surface area (Å²) in [5.74, 6) is 0.0295. The standard InChI is InChI=1S/C15H28N2O3/c1-5-6-9-12(13(18)17-10-7-8-11-17)16-14(19)20-15(2,3)4/h12H,5-11H2,1-4H3,(H,16,19)/t12-/m0/s1. The van der Waals surface area contributed by atoms with Crippen LogP contribution in [0.4, 0.5) is 4.79 Å². The van der Waals surface area contributed by atoms with Crippen molar-refractivity contribution in [2.24, 2.45) is 0 Å². The lowest BCUT2D eigenvalue weighted by Gasteiger charge is -2.26. The van der Waals surface area contributed by atoms with Crippen LogP contribution in [-0.4, -0.2) is 41.6 Å². The normalized spacial score (nSPS) is 16.9. The van der Waals surface area contributed by atoms with Gasteiger partial charge in [0.25, 0.3) is 0 Å². The quantitative estimate of drug-likeness (QED) is 0.844. The van der Waals surface area contributed by atoms with E-state index in [-0.39, 0.29) is 5.91 Å². The fraction of sp³-hybridized carbons (Fsp3) is 0.867. The lowest BCUT2D eigenvalue weighted by molar-refractivity contribution is -0.132. The Hall–Kier alpha value is -1.26. The van der Waals surface area contributed by atoms with Crippen molar-refractivity contribution in [1.29, 1.82) is 0 Å². The van der Waals surface area contributed by atoms with E-state index in [1.807, 2.05) is 25.7 Å². The third kappa shape index (κ3) is 5.80. The van der Waals surface area contributed by atoms with Crippen molar-refractivity contribution in [3.63, 3.8) is 0 Å². The molecule has 0 spiro atoms. The molecule has 0 aromatic carbocycles. The van der Waals surface area contributed by atoms with Crippen LogP contribution in [0, 0.1) is 0 Å². The molecule has 1 rings (SSSR count). The van der Waals surface area contributed by atoms with Crippen LogP contribution < -0.4 is 5.32 Å². The molecule has 1 fully saturated rings. The van der Waals surface area contributed by atoms with Crippen LogP contribution in [0.25, 0.3) is 0 Å². The van der Waals surface area contributed by atoms with Crippen molar-refractivity contribution in [2.75, 3.05) is 13.1 Å². The molecule has 0 aromatic heterocycles. The molecule has 1 heterocycles. The molecular formula is C15H28N2O3. The molecule has 1 saturated heterocycles. The molecule has 0 aromatic rings.